The standard InChI is InChI=1S/C51H98NO10P/c1-3-5-7-9-11-13-15-17-19-21-22-23-24-25-26-27-29-31-33-35-37-39-41-43-50(54)62-47(45-60-63(57,58)61-46-48(52)51(55)56)44-59-49(53)42-40-38-36-34-32-30-28-20-18-16-14-12-10-8-6-4-2/h35,37,47-48H,3-34,36,38-46,52H2,1-2H3,(H,55,56)(H,57,58)/b37-35+/t47-,48-/m0/s1. The van der Waals surface area contributed by atoms with Crippen LogP contribution in [0.2, 0.25) is 0 Å². The summed E-state index contributed by atoms with van der Waals surface area (Å²) < 4.78 is 32.8. The van der Waals surface area contributed by atoms with Gasteiger partial charge in [-0.15, -0.1) is 0 Å². The van der Waals surface area contributed by atoms with E-state index in [9.17, 15) is 23.8 Å². The van der Waals surface area contributed by atoms with E-state index >= 15 is 0 Å². The van der Waals surface area contributed by atoms with Crippen LogP contribution in [-0.2, 0) is 37.5 Å². The van der Waals surface area contributed by atoms with Crippen LogP contribution in [0.15, 0.2) is 12.2 Å². The zero-order chi connectivity index (χ0) is 46.3. The molecule has 372 valence electrons. The van der Waals surface area contributed by atoms with E-state index in [0.717, 1.165) is 32.1 Å². The first kappa shape index (κ1) is 61.2. The molecule has 0 aliphatic rings. The lowest BCUT2D eigenvalue weighted by Crippen LogP contribution is -2.34. The molecular weight excluding hydrogens is 818 g/mol. The van der Waals surface area contributed by atoms with Gasteiger partial charge in [0.25, 0.3) is 0 Å². The average Bonchev–Trinajstić information content (AvgIpc) is 3.26. The van der Waals surface area contributed by atoms with Crippen molar-refractivity contribution >= 4 is 25.7 Å². The fourth-order valence-corrected chi connectivity index (χ4v) is 8.44. The largest absolute Gasteiger partial charge is 0.480 e. The Balaban J connectivity index is 4.21. The number of phosphoric acid groups is 1. The van der Waals surface area contributed by atoms with E-state index < -0.39 is 51.1 Å². The van der Waals surface area contributed by atoms with E-state index in [1.807, 2.05) is 0 Å². The molecule has 0 aliphatic heterocycles. The van der Waals surface area contributed by atoms with Crippen molar-refractivity contribution in [2.75, 3.05) is 19.8 Å². The lowest BCUT2D eigenvalue weighted by atomic mass is 10.0. The third-order valence-corrected chi connectivity index (χ3v) is 12.7. The van der Waals surface area contributed by atoms with E-state index in [2.05, 4.69) is 30.5 Å². The van der Waals surface area contributed by atoms with E-state index in [-0.39, 0.29) is 19.4 Å². The number of aliphatic carboxylic acids is 1. The molecule has 0 spiro atoms. The molecule has 0 heterocycles. The maximum absolute atomic E-state index is 12.7. The zero-order valence-corrected chi connectivity index (χ0v) is 41.6. The number of rotatable bonds is 50. The van der Waals surface area contributed by atoms with Crippen LogP contribution in [0, 0.1) is 0 Å². The lowest BCUT2D eigenvalue weighted by molar-refractivity contribution is -0.161. The highest BCUT2D eigenvalue weighted by atomic mass is 31.2. The third kappa shape index (κ3) is 46.5. The molecule has 0 aliphatic carbocycles. The molecule has 0 radical (unpaired) electrons. The van der Waals surface area contributed by atoms with Crippen molar-refractivity contribution < 1.29 is 47.5 Å². The second-order valence-electron chi connectivity index (χ2n) is 18.0. The predicted molar refractivity (Wildman–Crippen MR) is 259 cm³/mol. The van der Waals surface area contributed by atoms with E-state index in [1.165, 1.54) is 186 Å². The van der Waals surface area contributed by atoms with Gasteiger partial charge in [-0.25, -0.2) is 4.57 Å². The number of esters is 2. The van der Waals surface area contributed by atoms with Gasteiger partial charge in [0, 0.05) is 12.8 Å². The molecule has 0 saturated carbocycles. The lowest BCUT2D eigenvalue weighted by Gasteiger charge is -2.20. The molecule has 3 atom stereocenters. The highest BCUT2D eigenvalue weighted by Gasteiger charge is 2.28. The van der Waals surface area contributed by atoms with Gasteiger partial charge in [0.1, 0.15) is 12.6 Å². The summed E-state index contributed by atoms with van der Waals surface area (Å²) >= 11 is 0. The summed E-state index contributed by atoms with van der Waals surface area (Å²) in [6, 6.07) is -1.52. The van der Waals surface area contributed by atoms with Crippen LogP contribution >= 0.6 is 7.82 Å². The number of carboxylic acid groups (broad SMARTS) is 1. The second kappa shape index (κ2) is 46.7. The summed E-state index contributed by atoms with van der Waals surface area (Å²) in [5.41, 5.74) is 5.35. The van der Waals surface area contributed by atoms with Gasteiger partial charge in [-0.1, -0.05) is 231 Å². The number of allylic oxidation sites excluding steroid dienone is 2. The Kier molecular flexibility index (Phi) is 45.4. The van der Waals surface area contributed by atoms with Gasteiger partial charge in [0.15, 0.2) is 6.10 Å². The Bertz CT molecular complexity index is 1120. The third-order valence-electron chi connectivity index (χ3n) is 11.8. The summed E-state index contributed by atoms with van der Waals surface area (Å²) in [5, 5.41) is 8.92. The molecular formula is C51H98NO10P. The number of carboxylic acids is 1. The number of hydrogen-bond donors (Lipinski definition) is 3. The minimum Gasteiger partial charge on any atom is -0.480 e. The number of carbonyl (C=O) groups excluding carboxylic acids is 2. The molecule has 11 nitrogen and oxygen atoms in total. The Morgan fingerprint density at radius 1 is 0.476 bits per heavy atom. The first-order chi connectivity index (χ1) is 30.6. The quantitative estimate of drug-likeness (QED) is 0.0229. The number of hydrogen-bond acceptors (Lipinski definition) is 9. The van der Waals surface area contributed by atoms with Crippen LogP contribution in [0.4, 0.5) is 0 Å². The highest BCUT2D eigenvalue weighted by Crippen LogP contribution is 2.43. The van der Waals surface area contributed by atoms with Crippen molar-refractivity contribution in [1.82, 2.24) is 0 Å². The predicted octanol–water partition coefficient (Wildman–Crippen LogP) is 14.8. The molecule has 0 aromatic heterocycles. The summed E-state index contributed by atoms with van der Waals surface area (Å²) in [7, 11) is -4.72. The first-order valence-corrected chi connectivity index (χ1v) is 27.7. The maximum atomic E-state index is 12.7. The van der Waals surface area contributed by atoms with Crippen LogP contribution in [-0.4, -0.2) is 59.9 Å². The smallest absolute Gasteiger partial charge is 0.472 e. The molecule has 0 saturated heterocycles. The maximum Gasteiger partial charge on any atom is 0.472 e. The minimum absolute atomic E-state index is 0.119. The number of nitrogens with two attached hydrogens (primary N) is 1. The highest BCUT2D eigenvalue weighted by molar-refractivity contribution is 7.47. The zero-order valence-electron chi connectivity index (χ0n) is 40.7. The fraction of sp³-hybridized carbons (Fsp3) is 0.902. The summed E-state index contributed by atoms with van der Waals surface area (Å²) in [4.78, 5) is 46.1. The van der Waals surface area contributed by atoms with Crippen LogP contribution in [0.5, 0.6) is 0 Å². The molecule has 4 N–H and O–H groups in total. The first-order valence-electron chi connectivity index (χ1n) is 26.2. The van der Waals surface area contributed by atoms with E-state index in [1.54, 1.807) is 0 Å². The average molecular weight is 916 g/mol. The monoisotopic (exact) mass is 916 g/mol. The summed E-state index contributed by atoms with van der Waals surface area (Å²) in [5.74, 6) is -2.40. The topological polar surface area (TPSA) is 172 Å². The second-order valence-corrected chi connectivity index (χ2v) is 19.5. The van der Waals surface area contributed by atoms with Gasteiger partial charge in [-0.05, 0) is 32.1 Å². The van der Waals surface area contributed by atoms with Crippen molar-refractivity contribution in [2.45, 2.75) is 276 Å². The van der Waals surface area contributed by atoms with Gasteiger partial charge in [0.2, 0.25) is 0 Å². The molecule has 0 rings (SSSR count). The number of phosphoric ester groups is 1. The molecule has 0 amide bonds. The van der Waals surface area contributed by atoms with Crippen molar-refractivity contribution in [1.29, 1.82) is 0 Å². The van der Waals surface area contributed by atoms with Crippen molar-refractivity contribution in [3.05, 3.63) is 12.2 Å². The van der Waals surface area contributed by atoms with Gasteiger partial charge >= 0.3 is 25.7 Å². The number of unbranched alkanes of at least 4 members (excludes halogenated alkanes) is 34. The van der Waals surface area contributed by atoms with Gasteiger partial charge in [0.05, 0.1) is 13.2 Å². The summed E-state index contributed by atoms with van der Waals surface area (Å²) in [6.07, 6.45) is 50.0. The van der Waals surface area contributed by atoms with Gasteiger partial charge < -0.3 is 25.2 Å². The van der Waals surface area contributed by atoms with Crippen molar-refractivity contribution in [2.24, 2.45) is 5.73 Å². The Morgan fingerprint density at radius 3 is 1.21 bits per heavy atom. The normalized spacial score (nSPS) is 13.6. The summed E-state index contributed by atoms with van der Waals surface area (Å²) in [6.45, 7) is 2.84. The molecule has 1 unspecified atom stereocenters. The van der Waals surface area contributed by atoms with E-state index in [0.29, 0.717) is 19.3 Å². The number of ether oxygens (including phenoxy) is 2. The SMILES string of the molecule is CCCCCCCCCCCCCCCCCCCC/C=C/CCCC(=O)O[C@@H](COC(=O)CCCCCCCCCCCCCCCCCC)COP(=O)(O)OC[C@H](N)C(=O)O. The van der Waals surface area contributed by atoms with Crippen LogP contribution < -0.4 is 5.73 Å². The van der Waals surface area contributed by atoms with Gasteiger partial charge in [-0.3, -0.25) is 23.4 Å². The molecule has 0 aromatic carbocycles. The molecule has 0 fully saturated rings. The Morgan fingerprint density at radius 2 is 0.810 bits per heavy atom. The number of carbonyl (C=O) groups is 3. The van der Waals surface area contributed by atoms with Crippen LogP contribution in [0.25, 0.3) is 0 Å². The van der Waals surface area contributed by atoms with E-state index in [4.69, 9.17) is 24.8 Å². The Hall–Kier alpha value is -1.78. The Labute approximate surface area is 386 Å². The van der Waals surface area contributed by atoms with Gasteiger partial charge in [-0.2, -0.15) is 0 Å². The molecule has 0 aromatic rings. The van der Waals surface area contributed by atoms with Crippen LogP contribution in [0.3, 0.4) is 0 Å². The fourth-order valence-electron chi connectivity index (χ4n) is 7.66. The van der Waals surface area contributed by atoms with Crippen LogP contribution in [0.1, 0.15) is 264 Å². The van der Waals surface area contributed by atoms with Crippen molar-refractivity contribution in [3.63, 3.8) is 0 Å². The van der Waals surface area contributed by atoms with Crippen molar-refractivity contribution in [3.8, 4) is 0 Å². The molecule has 63 heavy (non-hydrogen) atoms. The molecule has 0 bridgehead atoms. The molecule has 12 heteroatoms. The minimum atomic E-state index is -4.72.